The molecule has 0 radical (unpaired) electrons. The number of nitro benzene ring substituents is 1. The standard InChI is InChI=1S/C16H14ClN3O5/c1-24-14-4-2-3-5-15(14)25-10-16(21)19-18-9-11-8-12(20(22)23)6-7-13(11)17/h2-9H,10H2,1H3,(H,19,21). The van der Waals surface area contributed by atoms with Crippen LogP contribution in [0.5, 0.6) is 11.5 Å². The van der Waals surface area contributed by atoms with Gasteiger partial charge in [-0.15, -0.1) is 0 Å². The van der Waals surface area contributed by atoms with Crippen molar-refractivity contribution in [2.45, 2.75) is 0 Å². The summed E-state index contributed by atoms with van der Waals surface area (Å²) in [6, 6.07) is 10.8. The maximum atomic E-state index is 11.7. The zero-order valence-corrected chi connectivity index (χ0v) is 13.9. The summed E-state index contributed by atoms with van der Waals surface area (Å²) in [6.45, 7) is -0.277. The van der Waals surface area contributed by atoms with E-state index in [0.717, 1.165) is 0 Å². The smallest absolute Gasteiger partial charge is 0.277 e. The number of nitro groups is 1. The fraction of sp³-hybridized carbons (Fsp3) is 0.125. The molecule has 0 spiro atoms. The van der Waals surface area contributed by atoms with Crippen molar-refractivity contribution in [1.82, 2.24) is 5.43 Å². The van der Waals surface area contributed by atoms with Crippen LogP contribution >= 0.6 is 11.6 Å². The molecule has 2 rings (SSSR count). The van der Waals surface area contributed by atoms with Crippen LogP contribution in [0, 0.1) is 10.1 Å². The Balaban J connectivity index is 1.92. The molecule has 25 heavy (non-hydrogen) atoms. The number of carbonyl (C=O) groups is 1. The Morgan fingerprint density at radius 3 is 2.72 bits per heavy atom. The van der Waals surface area contributed by atoms with Gasteiger partial charge < -0.3 is 9.47 Å². The molecule has 0 unspecified atom stereocenters. The Morgan fingerprint density at radius 1 is 1.32 bits per heavy atom. The van der Waals surface area contributed by atoms with Gasteiger partial charge in [0.2, 0.25) is 0 Å². The average molecular weight is 364 g/mol. The molecule has 9 heteroatoms. The summed E-state index contributed by atoms with van der Waals surface area (Å²) < 4.78 is 10.4. The van der Waals surface area contributed by atoms with Crippen molar-refractivity contribution < 1.29 is 19.2 Å². The van der Waals surface area contributed by atoms with E-state index in [0.29, 0.717) is 17.1 Å². The molecule has 0 aliphatic rings. The first-order valence-electron chi connectivity index (χ1n) is 7.03. The van der Waals surface area contributed by atoms with Crippen molar-refractivity contribution in [1.29, 1.82) is 0 Å². The molecule has 0 aliphatic heterocycles. The third-order valence-corrected chi connectivity index (χ3v) is 3.36. The highest BCUT2D eigenvalue weighted by Gasteiger charge is 2.09. The lowest BCUT2D eigenvalue weighted by Crippen LogP contribution is -2.24. The van der Waals surface area contributed by atoms with Crippen molar-refractivity contribution in [3.8, 4) is 11.5 Å². The predicted molar refractivity (Wildman–Crippen MR) is 92.3 cm³/mol. The van der Waals surface area contributed by atoms with Gasteiger partial charge in [-0.05, 0) is 18.2 Å². The summed E-state index contributed by atoms with van der Waals surface area (Å²) in [5.74, 6) is 0.414. The first kappa shape index (κ1) is 18.2. The Hall–Kier alpha value is -3.13. The first-order chi connectivity index (χ1) is 12.0. The second-order valence-electron chi connectivity index (χ2n) is 4.70. The predicted octanol–water partition coefficient (Wildman–Crippen LogP) is 2.79. The molecule has 130 valence electrons. The van der Waals surface area contributed by atoms with Crippen LogP contribution < -0.4 is 14.9 Å². The van der Waals surface area contributed by atoms with E-state index in [9.17, 15) is 14.9 Å². The van der Waals surface area contributed by atoms with Gasteiger partial charge in [0, 0.05) is 22.7 Å². The average Bonchev–Trinajstić information content (AvgIpc) is 2.61. The molecule has 0 aliphatic carbocycles. The molecule has 1 N–H and O–H groups in total. The topological polar surface area (TPSA) is 103 Å². The summed E-state index contributed by atoms with van der Waals surface area (Å²) in [4.78, 5) is 21.9. The van der Waals surface area contributed by atoms with Crippen molar-refractivity contribution in [3.05, 3.63) is 63.2 Å². The number of ether oxygens (including phenoxy) is 2. The monoisotopic (exact) mass is 363 g/mol. The number of halogens is 1. The zero-order chi connectivity index (χ0) is 18.2. The molecule has 0 fully saturated rings. The summed E-state index contributed by atoms with van der Waals surface area (Å²) in [7, 11) is 1.50. The largest absolute Gasteiger partial charge is 0.493 e. The number of para-hydroxylation sites is 2. The lowest BCUT2D eigenvalue weighted by molar-refractivity contribution is -0.384. The number of hydrogen-bond acceptors (Lipinski definition) is 6. The Morgan fingerprint density at radius 2 is 2.04 bits per heavy atom. The van der Waals surface area contributed by atoms with Gasteiger partial charge in [0.25, 0.3) is 11.6 Å². The minimum absolute atomic E-state index is 0.128. The Bertz CT molecular complexity index is 810. The van der Waals surface area contributed by atoms with Crippen LogP contribution in [0.15, 0.2) is 47.6 Å². The second kappa shape index (κ2) is 8.65. The number of hydrogen-bond donors (Lipinski definition) is 1. The summed E-state index contributed by atoms with van der Waals surface area (Å²) in [6.07, 6.45) is 1.22. The SMILES string of the molecule is COc1ccccc1OCC(=O)NN=Cc1cc([N+](=O)[O-])ccc1Cl. The van der Waals surface area contributed by atoms with Gasteiger partial charge in [-0.2, -0.15) is 5.10 Å². The van der Waals surface area contributed by atoms with E-state index >= 15 is 0 Å². The van der Waals surface area contributed by atoms with Gasteiger partial charge in [0.05, 0.1) is 18.2 Å². The van der Waals surface area contributed by atoms with Gasteiger partial charge in [-0.3, -0.25) is 14.9 Å². The molecule has 2 aromatic rings. The van der Waals surface area contributed by atoms with Crippen molar-refractivity contribution in [3.63, 3.8) is 0 Å². The fourth-order valence-electron chi connectivity index (χ4n) is 1.83. The number of benzene rings is 2. The molecule has 0 heterocycles. The number of carbonyl (C=O) groups excluding carboxylic acids is 1. The summed E-state index contributed by atoms with van der Waals surface area (Å²) >= 11 is 5.93. The van der Waals surface area contributed by atoms with Gasteiger partial charge in [0.15, 0.2) is 18.1 Å². The van der Waals surface area contributed by atoms with E-state index in [4.69, 9.17) is 21.1 Å². The van der Waals surface area contributed by atoms with Crippen LogP contribution in [0.25, 0.3) is 0 Å². The number of hydrazone groups is 1. The highest BCUT2D eigenvalue weighted by molar-refractivity contribution is 6.33. The van der Waals surface area contributed by atoms with E-state index in [1.807, 2.05) is 0 Å². The zero-order valence-electron chi connectivity index (χ0n) is 13.1. The number of nitrogens with zero attached hydrogens (tertiary/aromatic N) is 2. The van der Waals surface area contributed by atoms with E-state index in [-0.39, 0.29) is 17.3 Å². The maximum absolute atomic E-state index is 11.7. The Labute approximate surface area is 148 Å². The molecule has 2 aromatic carbocycles. The van der Waals surface area contributed by atoms with Crippen LogP contribution in [-0.4, -0.2) is 30.8 Å². The van der Waals surface area contributed by atoms with Crippen LogP contribution in [0.3, 0.4) is 0 Å². The number of amides is 1. The summed E-state index contributed by atoms with van der Waals surface area (Å²) in [5, 5.41) is 14.7. The third-order valence-electron chi connectivity index (χ3n) is 3.01. The number of methoxy groups -OCH3 is 1. The molecule has 1 amide bonds. The van der Waals surface area contributed by atoms with Crippen LogP contribution in [0.1, 0.15) is 5.56 Å². The van der Waals surface area contributed by atoms with E-state index < -0.39 is 10.8 Å². The van der Waals surface area contributed by atoms with Crippen molar-refractivity contribution in [2.75, 3.05) is 13.7 Å². The van der Waals surface area contributed by atoms with Gasteiger partial charge in [-0.25, -0.2) is 5.43 Å². The highest BCUT2D eigenvalue weighted by Crippen LogP contribution is 2.25. The first-order valence-corrected chi connectivity index (χ1v) is 7.40. The van der Waals surface area contributed by atoms with Crippen LogP contribution in [-0.2, 0) is 4.79 Å². The summed E-state index contributed by atoms with van der Waals surface area (Å²) in [5.41, 5.74) is 2.43. The molecule has 8 nitrogen and oxygen atoms in total. The van der Waals surface area contributed by atoms with Crippen molar-refractivity contribution in [2.24, 2.45) is 5.10 Å². The normalized spacial score (nSPS) is 10.5. The Kier molecular flexibility index (Phi) is 6.30. The minimum atomic E-state index is -0.548. The van der Waals surface area contributed by atoms with Crippen LogP contribution in [0.4, 0.5) is 5.69 Å². The second-order valence-corrected chi connectivity index (χ2v) is 5.10. The molecule has 0 atom stereocenters. The van der Waals surface area contributed by atoms with Gasteiger partial charge in [-0.1, -0.05) is 23.7 Å². The van der Waals surface area contributed by atoms with E-state index in [2.05, 4.69) is 10.5 Å². The molecule has 0 aromatic heterocycles. The fourth-order valence-corrected chi connectivity index (χ4v) is 2.00. The highest BCUT2D eigenvalue weighted by atomic mass is 35.5. The number of non-ortho nitro benzene ring substituents is 1. The molecule has 0 saturated carbocycles. The molecular formula is C16H14ClN3O5. The lowest BCUT2D eigenvalue weighted by atomic mass is 10.2. The quantitative estimate of drug-likeness (QED) is 0.463. The van der Waals surface area contributed by atoms with Crippen LogP contribution in [0.2, 0.25) is 5.02 Å². The van der Waals surface area contributed by atoms with Gasteiger partial charge in [0.1, 0.15) is 0 Å². The molecule has 0 bridgehead atoms. The van der Waals surface area contributed by atoms with Crippen molar-refractivity contribution >= 4 is 29.4 Å². The maximum Gasteiger partial charge on any atom is 0.277 e. The number of nitrogens with one attached hydrogen (secondary N) is 1. The van der Waals surface area contributed by atoms with Gasteiger partial charge >= 0.3 is 0 Å². The minimum Gasteiger partial charge on any atom is -0.493 e. The number of rotatable bonds is 7. The molecular weight excluding hydrogens is 350 g/mol. The lowest BCUT2D eigenvalue weighted by Gasteiger charge is -2.09. The third kappa shape index (κ3) is 5.18. The van der Waals surface area contributed by atoms with E-state index in [1.165, 1.54) is 31.5 Å². The van der Waals surface area contributed by atoms with E-state index in [1.54, 1.807) is 24.3 Å². The molecule has 0 saturated heterocycles.